The highest BCUT2D eigenvalue weighted by molar-refractivity contribution is 8.26. The molecule has 1 fully saturated rings. The number of hydrogen-bond acceptors (Lipinski definition) is 6. The number of rotatable bonds is 7. The Kier molecular flexibility index (Phi) is 6.16. The first-order chi connectivity index (χ1) is 11.8. The minimum atomic E-state index is -1.31. The van der Waals surface area contributed by atoms with Crippen LogP contribution in [0.4, 0.5) is 0 Å². The normalized spacial score (nSPS) is 17.0. The summed E-state index contributed by atoms with van der Waals surface area (Å²) in [6.45, 7) is 0. The second-order valence-corrected chi connectivity index (χ2v) is 6.79. The third-order valence-electron chi connectivity index (χ3n) is 3.44. The van der Waals surface area contributed by atoms with E-state index in [1.165, 1.54) is 7.11 Å². The number of carboxylic acid groups (broad SMARTS) is 2. The molecule has 0 aliphatic carbocycles. The number of nitrogens with zero attached hydrogens (tertiary/aromatic N) is 1. The Balaban J connectivity index is 2.26. The van der Waals surface area contributed by atoms with Gasteiger partial charge in [-0.1, -0.05) is 36.1 Å². The standard InChI is InChI=1S/C16H15NO6S2/c1-23-10-4-2-3-9(7-10)8-12-14(20)17(16(24)25-12)11(15(21)22)5-6-13(18)19/h2-4,7-8,11H,5-6H2,1H3,(H,18,19)(H,21,22)/b12-8+/t11-/m1/s1. The average Bonchev–Trinajstić information content (AvgIpc) is 2.82. The molecule has 0 spiro atoms. The molecule has 1 aliphatic rings. The van der Waals surface area contributed by atoms with Crippen molar-refractivity contribution in [1.29, 1.82) is 0 Å². The van der Waals surface area contributed by atoms with Crippen LogP contribution in [0.5, 0.6) is 5.75 Å². The van der Waals surface area contributed by atoms with Crippen molar-refractivity contribution < 1.29 is 29.3 Å². The highest BCUT2D eigenvalue weighted by atomic mass is 32.2. The molecule has 7 nitrogen and oxygen atoms in total. The molecule has 2 rings (SSSR count). The Hall–Kier alpha value is -2.39. The van der Waals surface area contributed by atoms with E-state index in [-0.39, 0.29) is 22.1 Å². The average molecular weight is 381 g/mol. The predicted octanol–water partition coefficient (Wildman–Crippen LogP) is 2.21. The summed E-state index contributed by atoms with van der Waals surface area (Å²) in [6, 6.07) is 5.72. The lowest BCUT2D eigenvalue weighted by atomic mass is 10.1. The molecule has 25 heavy (non-hydrogen) atoms. The van der Waals surface area contributed by atoms with Gasteiger partial charge in [0.05, 0.1) is 12.0 Å². The van der Waals surface area contributed by atoms with Gasteiger partial charge in [-0.2, -0.15) is 0 Å². The first kappa shape index (κ1) is 18.9. The fourth-order valence-electron chi connectivity index (χ4n) is 2.25. The Morgan fingerprint density at radius 2 is 2.12 bits per heavy atom. The number of benzene rings is 1. The van der Waals surface area contributed by atoms with Gasteiger partial charge in [0, 0.05) is 6.42 Å². The molecule has 0 radical (unpaired) electrons. The molecule has 2 N–H and O–H groups in total. The molecule has 1 atom stereocenters. The molecule has 0 bridgehead atoms. The molecule has 1 amide bonds. The van der Waals surface area contributed by atoms with Crippen molar-refractivity contribution in [1.82, 2.24) is 4.90 Å². The van der Waals surface area contributed by atoms with Gasteiger partial charge < -0.3 is 14.9 Å². The zero-order chi connectivity index (χ0) is 18.6. The summed E-state index contributed by atoms with van der Waals surface area (Å²) >= 11 is 6.11. The largest absolute Gasteiger partial charge is 0.497 e. The summed E-state index contributed by atoms with van der Waals surface area (Å²) in [5, 5.41) is 18.1. The lowest BCUT2D eigenvalue weighted by Crippen LogP contribution is -2.44. The molecule has 1 heterocycles. The lowest BCUT2D eigenvalue weighted by molar-refractivity contribution is -0.146. The second-order valence-electron chi connectivity index (χ2n) is 5.11. The van der Waals surface area contributed by atoms with Gasteiger partial charge in [-0.05, 0) is 30.2 Å². The van der Waals surface area contributed by atoms with E-state index in [0.29, 0.717) is 11.3 Å². The molecular formula is C16H15NO6S2. The van der Waals surface area contributed by atoms with Crippen LogP contribution in [0.1, 0.15) is 18.4 Å². The van der Waals surface area contributed by atoms with Crippen LogP contribution < -0.4 is 4.74 Å². The predicted molar refractivity (Wildman–Crippen MR) is 96.3 cm³/mol. The van der Waals surface area contributed by atoms with Crippen LogP contribution in [-0.2, 0) is 14.4 Å². The van der Waals surface area contributed by atoms with Crippen molar-refractivity contribution in [3.05, 3.63) is 34.7 Å². The van der Waals surface area contributed by atoms with Crippen LogP contribution in [0.15, 0.2) is 29.2 Å². The van der Waals surface area contributed by atoms with Crippen LogP contribution in [0.3, 0.4) is 0 Å². The SMILES string of the molecule is COc1cccc(/C=C2/SC(=S)N([C@H](CCC(=O)O)C(=O)O)C2=O)c1. The number of methoxy groups -OCH3 is 1. The van der Waals surface area contributed by atoms with E-state index in [9.17, 15) is 19.5 Å². The van der Waals surface area contributed by atoms with E-state index in [2.05, 4.69) is 0 Å². The number of hydrogen-bond donors (Lipinski definition) is 2. The maximum Gasteiger partial charge on any atom is 0.326 e. The van der Waals surface area contributed by atoms with E-state index >= 15 is 0 Å². The van der Waals surface area contributed by atoms with Crippen LogP contribution in [0.25, 0.3) is 6.08 Å². The van der Waals surface area contributed by atoms with E-state index in [1.54, 1.807) is 30.3 Å². The number of thioether (sulfide) groups is 1. The van der Waals surface area contributed by atoms with Gasteiger partial charge >= 0.3 is 11.9 Å². The minimum absolute atomic E-state index is 0.0944. The smallest absolute Gasteiger partial charge is 0.326 e. The monoisotopic (exact) mass is 381 g/mol. The Morgan fingerprint density at radius 3 is 2.72 bits per heavy atom. The minimum Gasteiger partial charge on any atom is -0.497 e. The number of thiocarbonyl (C=S) groups is 1. The molecule has 1 aromatic rings. The number of carboxylic acids is 2. The van der Waals surface area contributed by atoms with Crippen molar-refractivity contribution in [2.24, 2.45) is 0 Å². The first-order valence-electron chi connectivity index (χ1n) is 7.19. The fourth-order valence-corrected chi connectivity index (χ4v) is 3.61. The first-order valence-corrected chi connectivity index (χ1v) is 8.41. The zero-order valence-corrected chi connectivity index (χ0v) is 14.8. The number of ether oxygens (including phenoxy) is 1. The maximum absolute atomic E-state index is 12.6. The summed E-state index contributed by atoms with van der Waals surface area (Å²) in [4.78, 5) is 36.0. The molecule has 1 aromatic carbocycles. The maximum atomic E-state index is 12.6. The molecule has 132 valence electrons. The van der Waals surface area contributed by atoms with Crippen molar-refractivity contribution >= 4 is 52.2 Å². The molecule has 0 unspecified atom stereocenters. The number of aliphatic carboxylic acids is 2. The highest BCUT2D eigenvalue weighted by Gasteiger charge is 2.40. The Bertz CT molecular complexity index is 761. The van der Waals surface area contributed by atoms with Crippen LogP contribution in [0.2, 0.25) is 0 Å². The zero-order valence-electron chi connectivity index (χ0n) is 13.2. The number of carbonyl (C=O) groups is 3. The van der Waals surface area contributed by atoms with Gasteiger partial charge in [0.2, 0.25) is 0 Å². The summed E-state index contributed by atoms with van der Waals surface area (Å²) in [6.07, 6.45) is 1.00. The van der Waals surface area contributed by atoms with Gasteiger partial charge in [0.15, 0.2) is 0 Å². The third-order valence-corrected chi connectivity index (χ3v) is 4.77. The fraction of sp³-hybridized carbons (Fsp3) is 0.250. The molecule has 0 aromatic heterocycles. The quantitative estimate of drug-likeness (QED) is 0.547. The topological polar surface area (TPSA) is 104 Å². The summed E-state index contributed by atoms with van der Waals surface area (Å²) in [5.74, 6) is -2.35. The summed E-state index contributed by atoms with van der Waals surface area (Å²) in [5.41, 5.74) is 0.706. The van der Waals surface area contributed by atoms with E-state index in [0.717, 1.165) is 16.7 Å². The Morgan fingerprint density at radius 1 is 1.40 bits per heavy atom. The lowest BCUT2D eigenvalue weighted by Gasteiger charge is -2.22. The van der Waals surface area contributed by atoms with Crippen molar-refractivity contribution in [2.45, 2.75) is 18.9 Å². The van der Waals surface area contributed by atoms with Crippen molar-refractivity contribution in [2.75, 3.05) is 7.11 Å². The molecule has 1 aliphatic heterocycles. The number of amides is 1. The van der Waals surface area contributed by atoms with Crippen molar-refractivity contribution in [3.63, 3.8) is 0 Å². The summed E-state index contributed by atoms with van der Waals surface area (Å²) < 4.78 is 5.22. The van der Waals surface area contributed by atoms with E-state index in [1.807, 2.05) is 0 Å². The molecule has 9 heteroatoms. The van der Waals surface area contributed by atoms with Crippen LogP contribution >= 0.6 is 24.0 Å². The molecule has 1 saturated heterocycles. The highest BCUT2D eigenvalue weighted by Crippen LogP contribution is 2.35. The van der Waals surface area contributed by atoms with Gasteiger partial charge in [0.25, 0.3) is 5.91 Å². The Labute approximate surface area is 153 Å². The third kappa shape index (κ3) is 4.58. The summed E-state index contributed by atoms with van der Waals surface area (Å²) in [7, 11) is 1.53. The van der Waals surface area contributed by atoms with Crippen LogP contribution in [0, 0.1) is 0 Å². The number of carbonyl (C=O) groups excluding carboxylic acids is 1. The van der Waals surface area contributed by atoms with Gasteiger partial charge in [-0.15, -0.1) is 0 Å². The molecular weight excluding hydrogens is 366 g/mol. The van der Waals surface area contributed by atoms with Crippen LogP contribution in [-0.4, -0.2) is 50.4 Å². The van der Waals surface area contributed by atoms with Gasteiger partial charge in [-0.3, -0.25) is 14.5 Å². The van der Waals surface area contributed by atoms with Gasteiger partial charge in [0.1, 0.15) is 16.1 Å². The van der Waals surface area contributed by atoms with Gasteiger partial charge in [-0.25, -0.2) is 4.79 Å². The molecule has 0 saturated carbocycles. The second kappa shape index (κ2) is 8.13. The van der Waals surface area contributed by atoms with E-state index in [4.69, 9.17) is 22.1 Å². The van der Waals surface area contributed by atoms with E-state index < -0.39 is 23.9 Å². The van der Waals surface area contributed by atoms with Crippen molar-refractivity contribution in [3.8, 4) is 5.75 Å².